The van der Waals surface area contributed by atoms with Gasteiger partial charge in [-0.15, -0.1) is 0 Å². The summed E-state index contributed by atoms with van der Waals surface area (Å²) in [5.41, 5.74) is 3.67. The second-order valence-corrected chi connectivity index (χ2v) is 3.08. The van der Waals surface area contributed by atoms with Gasteiger partial charge in [0.1, 0.15) is 0 Å². The molecule has 0 aromatic carbocycles. The molecule has 1 aliphatic carbocycles. The molecule has 0 saturated carbocycles. The van der Waals surface area contributed by atoms with E-state index in [2.05, 4.69) is 36.2 Å². The Bertz CT molecular complexity index is 348. The third kappa shape index (κ3) is 1.30. The maximum absolute atomic E-state index is 4.30. The van der Waals surface area contributed by atoms with Gasteiger partial charge in [0.25, 0.3) is 0 Å². The molecule has 1 heterocycles. The minimum Gasteiger partial charge on any atom is -0.256 e. The van der Waals surface area contributed by atoms with Crippen LogP contribution in [0.3, 0.4) is 0 Å². The lowest BCUT2D eigenvalue weighted by atomic mass is 10.2. The molecule has 0 fully saturated rings. The van der Waals surface area contributed by atoms with E-state index in [0.29, 0.717) is 0 Å². The Morgan fingerprint density at radius 2 is 2.33 bits per heavy atom. The lowest BCUT2D eigenvalue weighted by Gasteiger charge is -1.96. The van der Waals surface area contributed by atoms with E-state index in [4.69, 9.17) is 0 Å². The molecule has 1 aromatic heterocycles. The minimum atomic E-state index is 1.04. The van der Waals surface area contributed by atoms with Crippen molar-refractivity contribution in [2.75, 3.05) is 0 Å². The van der Waals surface area contributed by atoms with E-state index in [0.717, 1.165) is 12.1 Å². The van der Waals surface area contributed by atoms with Crippen molar-refractivity contribution >= 4 is 12.2 Å². The number of hydrogen-bond acceptors (Lipinski definition) is 1. The summed E-state index contributed by atoms with van der Waals surface area (Å²) < 4.78 is 0. The zero-order valence-corrected chi connectivity index (χ0v) is 7.12. The monoisotopic (exact) mass is 157 g/mol. The van der Waals surface area contributed by atoms with Gasteiger partial charge in [-0.3, -0.25) is 4.98 Å². The quantitative estimate of drug-likeness (QED) is 0.564. The van der Waals surface area contributed by atoms with E-state index in [9.17, 15) is 0 Å². The van der Waals surface area contributed by atoms with Crippen LogP contribution < -0.4 is 0 Å². The van der Waals surface area contributed by atoms with Crippen molar-refractivity contribution in [3.05, 3.63) is 41.2 Å². The van der Waals surface area contributed by atoms with Gasteiger partial charge in [-0.1, -0.05) is 23.8 Å². The number of hydrogen-bond donors (Lipinski definition) is 0. The van der Waals surface area contributed by atoms with Crippen LogP contribution in [0, 0.1) is 0 Å². The predicted molar refractivity (Wildman–Crippen MR) is 51.5 cm³/mol. The number of aromatic nitrogens is 1. The normalized spacial score (nSPS) is 14.9. The first-order chi connectivity index (χ1) is 5.86. The zero-order chi connectivity index (χ0) is 8.39. The smallest absolute Gasteiger partial charge is 0.0701 e. The maximum atomic E-state index is 4.30. The topological polar surface area (TPSA) is 12.9 Å². The predicted octanol–water partition coefficient (Wildman–Crippen LogP) is 2.90. The number of allylic oxidation sites excluding steroid dienone is 2. The molecule has 0 saturated heterocycles. The summed E-state index contributed by atoms with van der Waals surface area (Å²) >= 11 is 0. The van der Waals surface area contributed by atoms with E-state index in [1.165, 1.54) is 11.1 Å². The summed E-state index contributed by atoms with van der Waals surface area (Å²) in [6.07, 6.45) is 9.34. The summed E-state index contributed by atoms with van der Waals surface area (Å²) in [6.45, 7) is 2.13. The Labute approximate surface area is 72.5 Å². The van der Waals surface area contributed by atoms with E-state index >= 15 is 0 Å². The summed E-state index contributed by atoms with van der Waals surface area (Å²) in [6, 6.07) is 4.06. The highest BCUT2D eigenvalue weighted by Gasteiger charge is 2.00. The van der Waals surface area contributed by atoms with Crippen molar-refractivity contribution in [3.63, 3.8) is 0 Å². The molecular weight excluding hydrogens is 146 g/mol. The molecule has 0 radical (unpaired) electrons. The van der Waals surface area contributed by atoms with E-state index in [-0.39, 0.29) is 0 Å². The second kappa shape index (κ2) is 2.94. The van der Waals surface area contributed by atoms with Crippen LogP contribution in [-0.4, -0.2) is 4.98 Å². The van der Waals surface area contributed by atoms with Crippen LogP contribution >= 0.6 is 0 Å². The summed E-state index contributed by atoms with van der Waals surface area (Å²) in [7, 11) is 0. The molecule has 0 spiro atoms. The van der Waals surface area contributed by atoms with Gasteiger partial charge in [-0.05, 0) is 31.1 Å². The molecule has 2 rings (SSSR count). The zero-order valence-electron chi connectivity index (χ0n) is 7.12. The van der Waals surface area contributed by atoms with Crippen LogP contribution in [-0.2, 0) is 0 Å². The molecular formula is C11H11N. The molecule has 12 heavy (non-hydrogen) atoms. The van der Waals surface area contributed by atoms with Crippen LogP contribution in [0.1, 0.15) is 24.6 Å². The molecule has 0 aliphatic heterocycles. The van der Waals surface area contributed by atoms with Gasteiger partial charge in [0, 0.05) is 6.20 Å². The first kappa shape index (κ1) is 7.29. The molecule has 0 bridgehead atoms. The van der Waals surface area contributed by atoms with Crippen molar-refractivity contribution in [1.29, 1.82) is 0 Å². The van der Waals surface area contributed by atoms with Crippen molar-refractivity contribution in [2.24, 2.45) is 0 Å². The average Bonchev–Trinajstić information content (AvgIpc) is 2.25. The van der Waals surface area contributed by atoms with E-state index < -0.39 is 0 Å². The molecule has 1 nitrogen and oxygen atoms in total. The lowest BCUT2D eigenvalue weighted by Crippen LogP contribution is -1.83. The highest BCUT2D eigenvalue weighted by atomic mass is 14.7. The molecule has 1 aliphatic rings. The van der Waals surface area contributed by atoms with Gasteiger partial charge in [-0.25, -0.2) is 0 Å². The Kier molecular flexibility index (Phi) is 1.78. The van der Waals surface area contributed by atoms with Gasteiger partial charge in [0.15, 0.2) is 0 Å². The van der Waals surface area contributed by atoms with Crippen LogP contribution in [0.4, 0.5) is 0 Å². The highest BCUT2D eigenvalue weighted by molar-refractivity contribution is 5.66. The Hall–Kier alpha value is -1.37. The molecule has 0 atom stereocenters. The Balaban J connectivity index is 2.58. The highest BCUT2D eigenvalue weighted by Crippen LogP contribution is 2.18. The molecule has 0 N–H and O–H groups in total. The van der Waals surface area contributed by atoms with Crippen molar-refractivity contribution in [2.45, 2.75) is 13.3 Å². The third-order valence-corrected chi connectivity index (χ3v) is 1.99. The number of nitrogens with zero attached hydrogens (tertiary/aromatic N) is 1. The summed E-state index contributed by atoms with van der Waals surface area (Å²) in [5, 5.41) is 0. The fourth-order valence-electron chi connectivity index (χ4n) is 1.36. The number of rotatable bonds is 0. The molecule has 0 amide bonds. The van der Waals surface area contributed by atoms with Gasteiger partial charge in [0.05, 0.1) is 5.69 Å². The van der Waals surface area contributed by atoms with Gasteiger partial charge < -0.3 is 0 Å². The average molecular weight is 157 g/mol. The second-order valence-electron chi connectivity index (χ2n) is 3.08. The summed E-state index contributed by atoms with van der Waals surface area (Å²) in [4.78, 5) is 4.30. The first-order valence-electron chi connectivity index (χ1n) is 4.15. The largest absolute Gasteiger partial charge is 0.256 e. The number of fused-ring (bicyclic) bond motifs is 1. The van der Waals surface area contributed by atoms with Gasteiger partial charge >= 0.3 is 0 Å². The Morgan fingerprint density at radius 3 is 3.25 bits per heavy atom. The molecule has 60 valence electrons. The summed E-state index contributed by atoms with van der Waals surface area (Å²) in [5.74, 6) is 0. The van der Waals surface area contributed by atoms with E-state index in [1.54, 1.807) is 0 Å². The third-order valence-electron chi connectivity index (χ3n) is 1.99. The van der Waals surface area contributed by atoms with Gasteiger partial charge in [0.2, 0.25) is 0 Å². The number of pyridine rings is 1. The fraction of sp³-hybridized carbons (Fsp3) is 0.182. The standard InChI is InChI=1S/C11H11N/c1-9-4-2-5-10-6-3-7-12-11(10)8-9/h2-3,5-8H,4H2,1H3. The van der Waals surface area contributed by atoms with Crippen LogP contribution in [0.25, 0.3) is 12.2 Å². The fourth-order valence-corrected chi connectivity index (χ4v) is 1.36. The van der Waals surface area contributed by atoms with Crippen molar-refractivity contribution in [3.8, 4) is 0 Å². The Morgan fingerprint density at radius 1 is 1.42 bits per heavy atom. The van der Waals surface area contributed by atoms with Crippen LogP contribution in [0.15, 0.2) is 30.0 Å². The SMILES string of the molecule is CC1=Cc2ncccc2C=CC1. The molecule has 1 aromatic rings. The molecule has 0 unspecified atom stereocenters. The lowest BCUT2D eigenvalue weighted by molar-refractivity contribution is 1.23. The minimum absolute atomic E-state index is 1.04. The first-order valence-corrected chi connectivity index (χ1v) is 4.15. The van der Waals surface area contributed by atoms with Gasteiger partial charge in [-0.2, -0.15) is 0 Å². The molecule has 1 heteroatoms. The van der Waals surface area contributed by atoms with Crippen molar-refractivity contribution < 1.29 is 0 Å². The van der Waals surface area contributed by atoms with E-state index in [1.807, 2.05) is 12.3 Å². The van der Waals surface area contributed by atoms with Crippen LogP contribution in [0.2, 0.25) is 0 Å². The van der Waals surface area contributed by atoms with Crippen LogP contribution in [0.5, 0.6) is 0 Å². The maximum Gasteiger partial charge on any atom is 0.0701 e. The van der Waals surface area contributed by atoms with Crippen molar-refractivity contribution in [1.82, 2.24) is 4.98 Å².